The Balaban J connectivity index is 2.06. The Hall–Kier alpha value is -1.52. The highest BCUT2D eigenvalue weighted by atomic mass is 32.1. The summed E-state index contributed by atoms with van der Waals surface area (Å²) in [6.07, 6.45) is 0.954. The number of rotatable bonds is 5. The van der Waals surface area contributed by atoms with Crippen molar-refractivity contribution in [1.29, 1.82) is 0 Å². The lowest BCUT2D eigenvalue weighted by Crippen LogP contribution is -2.05. The van der Waals surface area contributed by atoms with Crippen molar-refractivity contribution >= 4 is 17.0 Å². The van der Waals surface area contributed by atoms with Crippen molar-refractivity contribution in [2.75, 3.05) is 12.8 Å². The Morgan fingerprint density at radius 1 is 1.39 bits per heavy atom. The zero-order valence-corrected chi connectivity index (χ0v) is 11.1. The van der Waals surface area contributed by atoms with Crippen LogP contribution in [0.3, 0.4) is 0 Å². The summed E-state index contributed by atoms with van der Waals surface area (Å²) in [5.41, 5.74) is 8.48. The van der Waals surface area contributed by atoms with Crippen LogP contribution in [0.15, 0.2) is 35.0 Å². The molecule has 0 saturated heterocycles. The van der Waals surface area contributed by atoms with Crippen LogP contribution < -0.4 is 10.5 Å². The lowest BCUT2D eigenvalue weighted by atomic mass is 10.0. The fourth-order valence-electron chi connectivity index (χ4n) is 1.92. The van der Waals surface area contributed by atoms with Crippen LogP contribution in [0.25, 0.3) is 0 Å². The van der Waals surface area contributed by atoms with Crippen molar-refractivity contribution in [2.45, 2.75) is 18.9 Å². The van der Waals surface area contributed by atoms with Gasteiger partial charge >= 0.3 is 0 Å². The molecular weight excluding hydrogens is 246 g/mol. The molecule has 1 atom stereocenters. The van der Waals surface area contributed by atoms with Gasteiger partial charge in [-0.2, -0.15) is 11.3 Å². The van der Waals surface area contributed by atoms with Gasteiger partial charge in [-0.1, -0.05) is 12.1 Å². The van der Waals surface area contributed by atoms with E-state index in [0.29, 0.717) is 17.9 Å². The Morgan fingerprint density at radius 3 is 2.89 bits per heavy atom. The van der Waals surface area contributed by atoms with Crippen LogP contribution in [-0.4, -0.2) is 12.2 Å². The van der Waals surface area contributed by atoms with Gasteiger partial charge in [0.2, 0.25) is 0 Å². The highest BCUT2D eigenvalue weighted by Gasteiger charge is 2.13. The van der Waals surface area contributed by atoms with Crippen molar-refractivity contribution in [1.82, 2.24) is 0 Å². The molecule has 0 spiro atoms. The summed E-state index contributed by atoms with van der Waals surface area (Å²) in [5, 5.41) is 14.3. The second kappa shape index (κ2) is 5.89. The lowest BCUT2D eigenvalue weighted by molar-refractivity contribution is 0.168. The third-order valence-corrected chi connectivity index (χ3v) is 3.70. The molecule has 96 valence electrons. The summed E-state index contributed by atoms with van der Waals surface area (Å²) < 4.78 is 5.15. The number of hydrogen-bond donors (Lipinski definition) is 2. The van der Waals surface area contributed by atoms with Gasteiger partial charge < -0.3 is 15.6 Å². The summed E-state index contributed by atoms with van der Waals surface area (Å²) >= 11 is 1.67. The van der Waals surface area contributed by atoms with Gasteiger partial charge in [-0.15, -0.1) is 0 Å². The first-order chi connectivity index (χ1) is 8.72. The third kappa shape index (κ3) is 2.83. The first kappa shape index (κ1) is 12.9. The van der Waals surface area contributed by atoms with Crippen molar-refractivity contribution in [2.24, 2.45) is 0 Å². The minimum atomic E-state index is -0.556. The number of thiophene rings is 1. The molecule has 18 heavy (non-hydrogen) atoms. The smallest absolute Gasteiger partial charge is 0.142 e. The molecule has 1 unspecified atom stereocenters. The van der Waals surface area contributed by atoms with E-state index in [-0.39, 0.29) is 0 Å². The van der Waals surface area contributed by atoms with Crippen LogP contribution in [0.5, 0.6) is 5.75 Å². The summed E-state index contributed by atoms with van der Waals surface area (Å²) in [6, 6.07) is 7.56. The maximum atomic E-state index is 10.2. The standard InChI is InChI=1S/C14H17NO2S/c1-17-13-4-2-3-11(14(13)15)12(16)6-5-10-7-8-18-9-10/h2-4,7-9,12,16H,5-6,15H2,1H3. The van der Waals surface area contributed by atoms with E-state index in [1.165, 1.54) is 5.56 Å². The SMILES string of the molecule is COc1cccc(C(O)CCc2ccsc2)c1N. The van der Waals surface area contributed by atoms with Crippen LogP contribution >= 0.6 is 11.3 Å². The quantitative estimate of drug-likeness (QED) is 0.815. The molecular formula is C14H17NO2S. The maximum Gasteiger partial charge on any atom is 0.142 e. The topological polar surface area (TPSA) is 55.5 Å². The predicted molar refractivity (Wildman–Crippen MR) is 75.0 cm³/mol. The van der Waals surface area contributed by atoms with Gasteiger partial charge in [-0.05, 0) is 41.3 Å². The van der Waals surface area contributed by atoms with Crippen molar-refractivity contribution < 1.29 is 9.84 Å². The molecule has 1 aromatic carbocycles. The van der Waals surface area contributed by atoms with Crippen LogP contribution in [0.1, 0.15) is 23.7 Å². The number of benzene rings is 1. The Kier molecular flexibility index (Phi) is 4.23. The number of nitrogen functional groups attached to an aromatic ring is 1. The number of hydrogen-bond acceptors (Lipinski definition) is 4. The Morgan fingerprint density at radius 2 is 2.22 bits per heavy atom. The van der Waals surface area contributed by atoms with Gasteiger partial charge in [0.05, 0.1) is 18.9 Å². The molecule has 2 aromatic rings. The van der Waals surface area contributed by atoms with Crippen LogP contribution in [0, 0.1) is 0 Å². The second-order valence-electron chi connectivity index (χ2n) is 4.15. The molecule has 0 saturated carbocycles. The van der Waals surface area contributed by atoms with E-state index in [0.717, 1.165) is 12.0 Å². The van der Waals surface area contributed by atoms with E-state index in [9.17, 15) is 5.11 Å². The largest absolute Gasteiger partial charge is 0.495 e. The molecule has 3 nitrogen and oxygen atoms in total. The predicted octanol–water partition coefficient (Wildman–Crippen LogP) is 3.01. The summed E-state index contributed by atoms with van der Waals surface area (Å²) in [6.45, 7) is 0. The third-order valence-electron chi connectivity index (χ3n) is 2.97. The average Bonchev–Trinajstić information content (AvgIpc) is 2.89. The van der Waals surface area contributed by atoms with Crippen LogP contribution in [-0.2, 0) is 6.42 Å². The summed E-state index contributed by atoms with van der Waals surface area (Å²) in [5.74, 6) is 0.613. The van der Waals surface area contributed by atoms with Gasteiger partial charge in [0.1, 0.15) is 5.75 Å². The summed E-state index contributed by atoms with van der Waals surface area (Å²) in [4.78, 5) is 0. The molecule has 0 amide bonds. The fourth-order valence-corrected chi connectivity index (χ4v) is 2.63. The highest BCUT2D eigenvalue weighted by Crippen LogP contribution is 2.31. The molecule has 0 aliphatic heterocycles. The van der Waals surface area contributed by atoms with E-state index < -0.39 is 6.10 Å². The number of para-hydroxylation sites is 1. The molecule has 4 heteroatoms. The maximum absolute atomic E-state index is 10.2. The van der Waals surface area contributed by atoms with Gasteiger partial charge in [-0.3, -0.25) is 0 Å². The van der Waals surface area contributed by atoms with E-state index in [1.807, 2.05) is 17.5 Å². The molecule has 3 N–H and O–H groups in total. The van der Waals surface area contributed by atoms with Crippen LogP contribution in [0.2, 0.25) is 0 Å². The molecule has 0 aliphatic carbocycles. The highest BCUT2D eigenvalue weighted by molar-refractivity contribution is 7.07. The Labute approximate surface area is 111 Å². The number of nitrogens with two attached hydrogens (primary N) is 1. The second-order valence-corrected chi connectivity index (χ2v) is 4.93. The minimum Gasteiger partial charge on any atom is -0.495 e. The first-order valence-electron chi connectivity index (χ1n) is 5.84. The molecule has 0 bridgehead atoms. The molecule has 0 fully saturated rings. The van der Waals surface area contributed by atoms with Crippen molar-refractivity contribution in [3.8, 4) is 5.75 Å². The number of aliphatic hydroxyl groups excluding tert-OH is 1. The summed E-state index contributed by atoms with van der Waals surface area (Å²) in [7, 11) is 1.58. The van der Waals surface area contributed by atoms with Crippen LogP contribution in [0.4, 0.5) is 5.69 Å². The van der Waals surface area contributed by atoms with E-state index >= 15 is 0 Å². The van der Waals surface area contributed by atoms with Crippen molar-refractivity contribution in [3.05, 3.63) is 46.2 Å². The van der Waals surface area contributed by atoms with Gasteiger partial charge in [0.15, 0.2) is 0 Å². The molecule has 2 rings (SSSR count). The number of anilines is 1. The van der Waals surface area contributed by atoms with Gasteiger partial charge in [0, 0.05) is 5.56 Å². The molecule has 1 heterocycles. The number of aliphatic hydroxyl groups is 1. The molecule has 1 aromatic heterocycles. The lowest BCUT2D eigenvalue weighted by Gasteiger charge is -2.15. The van der Waals surface area contributed by atoms with E-state index in [4.69, 9.17) is 10.5 Å². The van der Waals surface area contributed by atoms with Gasteiger partial charge in [0.25, 0.3) is 0 Å². The average molecular weight is 263 g/mol. The monoisotopic (exact) mass is 263 g/mol. The zero-order valence-electron chi connectivity index (χ0n) is 10.3. The van der Waals surface area contributed by atoms with Crippen molar-refractivity contribution in [3.63, 3.8) is 0 Å². The Bertz CT molecular complexity index is 497. The molecule has 0 aliphatic rings. The number of ether oxygens (including phenoxy) is 1. The number of aryl methyl sites for hydroxylation is 1. The van der Waals surface area contributed by atoms with Gasteiger partial charge in [-0.25, -0.2) is 0 Å². The fraction of sp³-hybridized carbons (Fsp3) is 0.286. The zero-order chi connectivity index (χ0) is 13.0. The minimum absolute atomic E-state index is 0.526. The molecule has 0 radical (unpaired) electrons. The van der Waals surface area contributed by atoms with E-state index in [2.05, 4.69) is 11.4 Å². The first-order valence-corrected chi connectivity index (χ1v) is 6.78. The number of methoxy groups -OCH3 is 1. The normalized spacial score (nSPS) is 12.3. The van der Waals surface area contributed by atoms with E-state index in [1.54, 1.807) is 24.5 Å².